The molecule has 1 atom stereocenters. The van der Waals surface area contributed by atoms with Crippen molar-refractivity contribution in [2.45, 2.75) is 52.5 Å². The summed E-state index contributed by atoms with van der Waals surface area (Å²) < 4.78 is 0. The summed E-state index contributed by atoms with van der Waals surface area (Å²) >= 11 is 0. The Hall–Kier alpha value is -1.02. The van der Waals surface area contributed by atoms with Gasteiger partial charge in [-0.15, -0.1) is 0 Å². The van der Waals surface area contributed by atoms with E-state index in [-0.39, 0.29) is 0 Å². The van der Waals surface area contributed by atoms with Crippen LogP contribution in [0.2, 0.25) is 0 Å². The fourth-order valence-corrected chi connectivity index (χ4v) is 3.26. The zero-order valence-corrected chi connectivity index (χ0v) is 13.5. The molecule has 1 fully saturated rings. The Morgan fingerprint density at radius 2 is 1.80 bits per heavy atom. The fraction of sp³-hybridized carbons (Fsp3) is 0.667. The van der Waals surface area contributed by atoms with Crippen molar-refractivity contribution in [1.29, 1.82) is 0 Å². The molecule has 20 heavy (non-hydrogen) atoms. The molecule has 2 rings (SSSR count). The van der Waals surface area contributed by atoms with Gasteiger partial charge in [-0.1, -0.05) is 39.0 Å². The zero-order chi connectivity index (χ0) is 14.5. The summed E-state index contributed by atoms with van der Waals surface area (Å²) in [5.74, 6) is 1.38. The molecule has 0 aromatic heterocycles. The molecule has 1 N–H and O–H groups in total. The number of likely N-dealkylation sites (tertiary alicyclic amines) is 1. The summed E-state index contributed by atoms with van der Waals surface area (Å²) in [5.41, 5.74) is 2.76. The number of benzene rings is 1. The van der Waals surface area contributed by atoms with Crippen LogP contribution in [0, 0.1) is 5.92 Å². The molecule has 0 aliphatic carbocycles. The van der Waals surface area contributed by atoms with E-state index in [9.17, 15) is 0 Å². The number of hydrogen-bond donors (Lipinski definition) is 1. The van der Waals surface area contributed by atoms with Crippen molar-refractivity contribution in [1.82, 2.24) is 4.90 Å². The van der Waals surface area contributed by atoms with Crippen LogP contribution in [0.25, 0.3) is 0 Å². The zero-order valence-electron chi connectivity index (χ0n) is 13.5. The Morgan fingerprint density at radius 3 is 2.40 bits per heavy atom. The molecule has 1 aliphatic heterocycles. The number of rotatable bonds is 5. The van der Waals surface area contributed by atoms with Gasteiger partial charge in [0.15, 0.2) is 0 Å². The van der Waals surface area contributed by atoms with E-state index in [0.717, 1.165) is 5.92 Å². The van der Waals surface area contributed by atoms with Gasteiger partial charge in [0.2, 0.25) is 0 Å². The van der Waals surface area contributed by atoms with Gasteiger partial charge in [0.1, 0.15) is 0 Å². The van der Waals surface area contributed by atoms with E-state index in [2.05, 4.69) is 62.2 Å². The van der Waals surface area contributed by atoms with Crippen molar-refractivity contribution in [3.8, 4) is 0 Å². The van der Waals surface area contributed by atoms with E-state index in [1.807, 2.05) is 0 Å². The maximum atomic E-state index is 3.78. The largest absolute Gasteiger partial charge is 0.382 e. The second kappa shape index (κ2) is 7.12. The molecule has 2 heteroatoms. The Bertz CT molecular complexity index is 406. The van der Waals surface area contributed by atoms with Crippen LogP contribution in [0.4, 0.5) is 5.69 Å². The number of piperidine rings is 1. The maximum absolute atomic E-state index is 3.78. The molecule has 0 spiro atoms. The van der Waals surface area contributed by atoms with Gasteiger partial charge < -0.3 is 10.2 Å². The molecular weight excluding hydrogens is 244 g/mol. The van der Waals surface area contributed by atoms with Crippen molar-refractivity contribution in [2.24, 2.45) is 5.92 Å². The van der Waals surface area contributed by atoms with Crippen molar-refractivity contribution >= 4 is 5.69 Å². The number of anilines is 1. The number of nitrogens with one attached hydrogen (secondary N) is 1. The molecule has 1 unspecified atom stereocenters. The summed E-state index contributed by atoms with van der Waals surface area (Å²) in [5, 5.41) is 3.78. The lowest BCUT2D eigenvalue weighted by Gasteiger charge is -2.35. The minimum Gasteiger partial charge on any atom is -0.382 e. The predicted molar refractivity (Wildman–Crippen MR) is 88.5 cm³/mol. The monoisotopic (exact) mass is 274 g/mol. The standard InChI is InChI=1S/C18H30N2/c1-5-20-12-10-16(11-13-20)15(4)19-18-9-7-6-8-17(18)14(2)3/h6-9,14-16,19H,5,10-13H2,1-4H3. The van der Waals surface area contributed by atoms with E-state index < -0.39 is 0 Å². The Kier molecular flexibility index (Phi) is 5.47. The Morgan fingerprint density at radius 1 is 1.15 bits per heavy atom. The predicted octanol–water partition coefficient (Wildman–Crippen LogP) is 4.34. The van der Waals surface area contributed by atoms with Crippen LogP contribution >= 0.6 is 0 Å². The van der Waals surface area contributed by atoms with E-state index in [0.29, 0.717) is 12.0 Å². The third-order valence-corrected chi connectivity index (χ3v) is 4.75. The Balaban J connectivity index is 1.96. The van der Waals surface area contributed by atoms with Gasteiger partial charge in [0, 0.05) is 11.7 Å². The van der Waals surface area contributed by atoms with Crippen LogP contribution in [-0.2, 0) is 0 Å². The summed E-state index contributed by atoms with van der Waals surface area (Å²) in [6, 6.07) is 9.33. The maximum Gasteiger partial charge on any atom is 0.0377 e. The van der Waals surface area contributed by atoms with Gasteiger partial charge >= 0.3 is 0 Å². The average molecular weight is 274 g/mol. The number of para-hydroxylation sites is 1. The van der Waals surface area contributed by atoms with E-state index in [4.69, 9.17) is 0 Å². The average Bonchev–Trinajstić information content (AvgIpc) is 2.47. The molecular formula is C18H30N2. The molecule has 112 valence electrons. The minimum absolute atomic E-state index is 0.564. The molecule has 1 aliphatic rings. The fourth-order valence-electron chi connectivity index (χ4n) is 3.26. The van der Waals surface area contributed by atoms with Gasteiger partial charge in [0.25, 0.3) is 0 Å². The smallest absolute Gasteiger partial charge is 0.0377 e. The molecule has 1 saturated heterocycles. The molecule has 1 aromatic rings. The highest BCUT2D eigenvalue weighted by molar-refractivity contribution is 5.53. The van der Waals surface area contributed by atoms with Crippen LogP contribution in [-0.4, -0.2) is 30.6 Å². The lowest BCUT2D eigenvalue weighted by molar-refractivity contribution is 0.183. The normalized spacial score (nSPS) is 19.2. The second-order valence-electron chi connectivity index (χ2n) is 6.45. The highest BCUT2D eigenvalue weighted by atomic mass is 15.1. The van der Waals surface area contributed by atoms with Crippen molar-refractivity contribution in [2.75, 3.05) is 25.0 Å². The van der Waals surface area contributed by atoms with E-state index in [1.54, 1.807) is 0 Å². The first-order valence-electron chi connectivity index (χ1n) is 8.19. The lowest BCUT2D eigenvalue weighted by atomic mass is 9.89. The van der Waals surface area contributed by atoms with Gasteiger partial charge in [0.05, 0.1) is 0 Å². The van der Waals surface area contributed by atoms with E-state index in [1.165, 1.54) is 43.7 Å². The van der Waals surface area contributed by atoms with Crippen molar-refractivity contribution < 1.29 is 0 Å². The molecule has 0 radical (unpaired) electrons. The quantitative estimate of drug-likeness (QED) is 0.859. The molecule has 0 saturated carbocycles. The SMILES string of the molecule is CCN1CCC(C(C)Nc2ccccc2C(C)C)CC1. The van der Waals surface area contributed by atoms with Gasteiger partial charge in [-0.25, -0.2) is 0 Å². The number of hydrogen-bond acceptors (Lipinski definition) is 2. The highest BCUT2D eigenvalue weighted by Crippen LogP contribution is 2.28. The number of nitrogens with zero attached hydrogens (tertiary/aromatic N) is 1. The third-order valence-electron chi connectivity index (χ3n) is 4.75. The minimum atomic E-state index is 0.564. The lowest BCUT2D eigenvalue weighted by Crippen LogP contribution is -2.39. The van der Waals surface area contributed by atoms with Gasteiger partial charge in [-0.2, -0.15) is 0 Å². The molecule has 0 bridgehead atoms. The van der Waals surface area contributed by atoms with Gasteiger partial charge in [-0.05, 0) is 62.9 Å². The first-order chi connectivity index (χ1) is 9.61. The summed E-state index contributed by atoms with van der Waals surface area (Å²) in [7, 11) is 0. The van der Waals surface area contributed by atoms with Crippen LogP contribution < -0.4 is 5.32 Å². The molecule has 0 amide bonds. The second-order valence-corrected chi connectivity index (χ2v) is 6.45. The summed E-state index contributed by atoms with van der Waals surface area (Å²) in [4.78, 5) is 2.56. The highest BCUT2D eigenvalue weighted by Gasteiger charge is 2.23. The van der Waals surface area contributed by atoms with Crippen LogP contribution in [0.1, 0.15) is 52.0 Å². The first-order valence-corrected chi connectivity index (χ1v) is 8.19. The third kappa shape index (κ3) is 3.76. The summed E-state index contributed by atoms with van der Waals surface area (Å²) in [6.07, 6.45) is 2.65. The van der Waals surface area contributed by atoms with Crippen molar-refractivity contribution in [3.63, 3.8) is 0 Å². The topological polar surface area (TPSA) is 15.3 Å². The van der Waals surface area contributed by atoms with Crippen molar-refractivity contribution in [3.05, 3.63) is 29.8 Å². The molecule has 1 aromatic carbocycles. The van der Waals surface area contributed by atoms with Gasteiger partial charge in [-0.3, -0.25) is 0 Å². The molecule has 2 nitrogen and oxygen atoms in total. The molecule has 1 heterocycles. The summed E-state index contributed by atoms with van der Waals surface area (Å²) in [6.45, 7) is 12.9. The van der Waals surface area contributed by atoms with Crippen LogP contribution in [0.15, 0.2) is 24.3 Å². The first kappa shape index (κ1) is 15.4. The van der Waals surface area contributed by atoms with Crippen LogP contribution in [0.3, 0.4) is 0 Å². The van der Waals surface area contributed by atoms with Crippen LogP contribution in [0.5, 0.6) is 0 Å². The Labute approximate surface area is 124 Å². The van der Waals surface area contributed by atoms with E-state index >= 15 is 0 Å².